The Labute approximate surface area is 126 Å². The maximum absolute atomic E-state index is 11.7. The molecule has 102 valence electrons. The van der Waals surface area contributed by atoms with Crippen molar-refractivity contribution in [2.75, 3.05) is 5.32 Å². The summed E-state index contributed by atoms with van der Waals surface area (Å²) in [6.45, 7) is 2.00. The van der Waals surface area contributed by atoms with Crippen molar-refractivity contribution < 1.29 is 4.79 Å². The van der Waals surface area contributed by atoms with Crippen molar-refractivity contribution in [1.29, 1.82) is 0 Å². The van der Waals surface area contributed by atoms with E-state index in [9.17, 15) is 4.79 Å². The first-order valence-corrected chi connectivity index (χ1v) is 7.00. The van der Waals surface area contributed by atoms with Crippen LogP contribution in [0.5, 0.6) is 0 Å². The van der Waals surface area contributed by atoms with Gasteiger partial charge in [0, 0.05) is 10.7 Å². The lowest BCUT2D eigenvalue weighted by molar-refractivity contribution is 0.255. The van der Waals surface area contributed by atoms with Gasteiger partial charge in [-0.3, -0.25) is 0 Å². The monoisotopic (exact) mass is 330 g/mol. The molecular weight excluding hydrogens is 316 g/mol. The van der Waals surface area contributed by atoms with Crippen molar-refractivity contribution in [2.24, 2.45) is 0 Å². The van der Waals surface area contributed by atoms with Gasteiger partial charge in [-0.2, -0.15) is 0 Å². The normalized spacial score (nSPS) is 10.5. The van der Waals surface area contributed by atoms with Crippen LogP contribution in [-0.4, -0.2) is 6.03 Å². The van der Waals surface area contributed by atoms with E-state index < -0.39 is 0 Å². The van der Waals surface area contributed by atoms with Crippen LogP contribution >= 0.6 is 15.9 Å². The van der Waals surface area contributed by atoms with Crippen LogP contribution in [0.3, 0.4) is 0 Å². The van der Waals surface area contributed by atoms with Crippen LogP contribution in [0.4, 0.5) is 10.5 Å². The predicted octanol–water partition coefficient (Wildman–Crippen LogP) is 4.55. The molecule has 0 saturated carbocycles. The van der Waals surface area contributed by atoms with E-state index in [1.807, 2.05) is 61.5 Å². The van der Waals surface area contributed by atoms with Gasteiger partial charge in [0.15, 0.2) is 0 Å². The van der Waals surface area contributed by atoms with Crippen LogP contribution in [0.2, 0.25) is 0 Å². The van der Waals surface area contributed by atoms with Gasteiger partial charge in [-0.05, 0) is 52.2 Å². The first kappa shape index (κ1) is 14.3. The van der Waals surface area contributed by atoms with Gasteiger partial charge in [-0.25, -0.2) is 4.79 Å². The molecule has 0 spiro atoms. The third-order valence-corrected chi connectivity index (χ3v) is 3.32. The fourth-order valence-corrected chi connectivity index (χ4v) is 2.25. The zero-order chi connectivity index (χ0) is 14.4. The Hall–Kier alpha value is -2.07. The van der Waals surface area contributed by atoms with Crippen molar-refractivity contribution >= 4 is 33.7 Å². The van der Waals surface area contributed by atoms with E-state index in [1.165, 1.54) is 0 Å². The number of amides is 2. The summed E-state index contributed by atoms with van der Waals surface area (Å²) in [5.74, 6) is 0. The summed E-state index contributed by atoms with van der Waals surface area (Å²) in [6.07, 6.45) is 3.45. The molecule has 0 bridgehead atoms. The van der Waals surface area contributed by atoms with Crippen LogP contribution < -0.4 is 10.6 Å². The summed E-state index contributed by atoms with van der Waals surface area (Å²) in [5.41, 5.74) is 2.90. The van der Waals surface area contributed by atoms with E-state index in [0.717, 1.165) is 21.3 Å². The molecule has 2 aromatic carbocycles. The van der Waals surface area contributed by atoms with E-state index in [0.29, 0.717) is 0 Å². The molecule has 0 aromatic heterocycles. The molecule has 4 heteroatoms. The molecule has 0 aliphatic carbocycles. The molecule has 0 radical (unpaired) electrons. The summed E-state index contributed by atoms with van der Waals surface area (Å²) >= 11 is 3.42. The molecule has 0 fully saturated rings. The maximum atomic E-state index is 11.7. The second-order valence-electron chi connectivity index (χ2n) is 4.33. The molecule has 2 aromatic rings. The van der Waals surface area contributed by atoms with Crippen molar-refractivity contribution in [3.8, 4) is 0 Å². The highest BCUT2D eigenvalue weighted by atomic mass is 79.9. The quantitative estimate of drug-likeness (QED) is 0.851. The number of carbonyl (C=O) groups is 1. The van der Waals surface area contributed by atoms with E-state index in [2.05, 4.69) is 26.6 Å². The average molecular weight is 331 g/mol. The van der Waals surface area contributed by atoms with Gasteiger partial charge in [-0.15, -0.1) is 0 Å². The number of benzene rings is 2. The van der Waals surface area contributed by atoms with Crippen molar-refractivity contribution in [3.63, 3.8) is 0 Å². The molecule has 0 heterocycles. The molecule has 2 rings (SSSR count). The standard InChI is InChI=1S/C16H15BrN2O/c1-12-7-8-15(14(17)11-12)19-16(20)18-10-9-13-5-3-2-4-6-13/h2-11H,1H3,(H2,18,19,20)/b10-9+. The third kappa shape index (κ3) is 4.24. The minimum Gasteiger partial charge on any atom is -0.314 e. The lowest BCUT2D eigenvalue weighted by Gasteiger charge is -2.07. The number of carbonyl (C=O) groups excluding carboxylic acids is 1. The first-order chi connectivity index (χ1) is 9.65. The second-order valence-corrected chi connectivity index (χ2v) is 5.18. The van der Waals surface area contributed by atoms with E-state index in [-0.39, 0.29) is 6.03 Å². The average Bonchev–Trinajstić information content (AvgIpc) is 2.43. The van der Waals surface area contributed by atoms with Crippen molar-refractivity contribution in [2.45, 2.75) is 6.92 Å². The van der Waals surface area contributed by atoms with Gasteiger partial charge < -0.3 is 10.6 Å². The summed E-state index contributed by atoms with van der Waals surface area (Å²) in [6, 6.07) is 15.3. The molecule has 20 heavy (non-hydrogen) atoms. The Morgan fingerprint density at radius 1 is 1.15 bits per heavy atom. The number of rotatable bonds is 3. The number of nitrogens with one attached hydrogen (secondary N) is 2. The molecule has 2 N–H and O–H groups in total. The molecule has 0 unspecified atom stereocenters. The topological polar surface area (TPSA) is 41.1 Å². The number of urea groups is 1. The van der Waals surface area contributed by atoms with Crippen LogP contribution in [0.1, 0.15) is 11.1 Å². The first-order valence-electron chi connectivity index (χ1n) is 6.20. The number of aryl methyl sites for hydroxylation is 1. The fourth-order valence-electron chi connectivity index (χ4n) is 1.66. The van der Waals surface area contributed by atoms with E-state index in [1.54, 1.807) is 6.20 Å². The molecule has 0 atom stereocenters. The molecule has 0 aliphatic rings. The van der Waals surface area contributed by atoms with Crippen LogP contribution in [0.25, 0.3) is 6.08 Å². The summed E-state index contributed by atoms with van der Waals surface area (Å²) in [5, 5.41) is 5.45. The number of hydrogen-bond donors (Lipinski definition) is 2. The highest BCUT2D eigenvalue weighted by Gasteiger charge is 2.03. The minimum absolute atomic E-state index is 0.276. The van der Waals surface area contributed by atoms with Crippen molar-refractivity contribution in [3.05, 3.63) is 70.3 Å². The molecular formula is C16H15BrN2O. The zero-order valence-corrected chi connectivity index (χ0v) is 12.6. The predicted molar refractivity (Wildman–Crippen MR) is 86.5 cm³/mol. The Morgan fingerprint density at radius 3 is 2.60 bits per heavy atom. The fraction of sp³-hybridized carbons (Fsp3) is 0.0625. The van der Waals surface area contributed by atoms with Gasteiger partial charge in [0.25, 0.3) is 0 Å². The maximum Gasteiger partial charge on any atom is 0.323 e. The van der Waals surface area contributed by atoms with Gasteiger partial charge in [-0.1, -0.05) is 36.4 Å². The van der Waals surface area contributed by atoms with E-state index >= 15 is 0 Å². The molecule has 2 amide bonds. The van der Waals surface area contributed by atoms with Gasteiger partial charge >= 0.3 is 6.03 Å². The summed E-state index contributed by atoms with van der Waals surface area (Å²) in [7, 11) is 0. The van der Waals surface area contributed by atoms with Gasteiger partial charge in [0.1, 0.15) is 0 Å². The van der Waals surface area contributed by atoms with E-state index in [4.69, 9.17) is 0 Å². The minimum atomic E-state index is -0.276. The van der Waals surface area contributed by atoms with Crippen molar-refractivity contribution in [1.82, 2.24) is 5.32 Å². The Balaban J connectivity index is 1.91. The molecule has 0 saturated heterocycles. The second kappa shape index (κ2) is 6.91. The van der Waals surface area contributed by atoms with Gasteiger partial charge in [0.05, 0.1) is 5.69 Å². The lowest BCUT2D eigenvalue weighted by Crippen LogP contribution is -2.23. The summed E-state index contributed by atoms with van der Waals surface area (Å²) in [4.78, 5) is 11.7. The molecule has 3 nitrogen and oxygen atoms in total. The lowest BCUT2D eigenvalue weighted by atomic mass is 10.2. The van der Waals surface area contributed by atoms with Crippen LogP contribution in [-0.2, 0) is 0 Å². The Kier molecular flexibility index (Phi) is 4.96. The SMILES string of the molecule is Cc1ccc(NC(=O)N/C=C/c2ccccc2)c(Br)c1. The number of hydrogen-bond acceptors (Lipinski definition) is 1. The summed E-state index contributed by atoms with van der Waals surface area (Å²) < 4.78 is 0.861. The van der Waals surface area contributed by atoms with Gasteiger partial charge in [0.2, 0.25) is 0 Å². The van der Waals surface area contributed by atoms with Crippen LogP contribution in [0.15, 0.2) is 59.2 Å². The highest BCUT2D eigenvalue weighted by molar-refractivity contribution is 9.10. The number of anilines is 1. The number of halogens is 1. The third-order valence-electron chi connectivity index (χ3n) is 2.66. The smallest absolute Gasteiger partial charge is 0.314 e. The largest absolute Gasteiger partial charge is 0.323 e. The highest BCUT2D eigenvalue weighted by Crippen LogP contribution is 2.23. The Morgan fingerprint density at radius 2 is 1.90 bits per heavy atom. The molecule has 0 aliphatic heterocycles. The Bertz CT molecular complexity index is 624. The van der Waals surface area contributed by atoms with Crippen LogP contribution in [0, 0.1) is 6.92 Å². The zero-order valence-electron chi connectivity index (χ0n) is 11.1.